The largest absolute Gasteiger partial charge is 0.493 e. The molecular formula is C19H20F2N2O6. The van der Waals surface area contributed by atoms with Crippen LogP contribution in [0.5, 0.6) is 11.5 Å². The number of alkyl halides is 2. The van der Waals surface area contributed by atoms with Crippen LogP contribution in [0, 0.1) is 10.1 Å². The highest BCUT2D eigenvalue weighted by Gasteiger charge is 2.26. The molecule has 0 saturated carbocycles. The van der Waals surface area contributed by atoms with Gasteiger partial charge in [0, 0.05) is 19.2 Å². The number of methoxy groups -OCH3 is 1. The lowest BCUT2D eigenvalue weighted by atomic mass is 10.1. The second-order valence-corrected chi connectivity index (χ2v) is 5.74. The standard InChI is InChI=1S/C19H20F2N2O6/c1-3-28-11-13-7-5-4-6-12(13)10-22-18(24)14-8-16(27-2)17(29-19(20)21)9-15(14)23(25)26/h4-9,19H,3,10-11H2,1-2H3,(H,22,24). The van der Waals surface area contributed by atoms with E-state index in [1.165, 1.54) is 7.11 Å². The summed E-state index contributed by atoms with van der Waals surface area (Å²) < 4.78 is 39.6. The Morgan fingerprint density at radius 3 is 2.48 bits per heavy atom. The van der Waals surface area contributed by atoms with Gasteiger partial charge in [0.2, 0.25) is 0 Å². The average molecular weight is 410 g/mol. The molecule has 0 aromatic heterocycles. The summed E-state index contributed by atoms with van der Waals surface area (Å²) in [5.41, 5.74) is 0.626. The lowest BCUT2D eigenvalue weighted by Gasteiger charge is -2.13. The predicted octanol–water partition coefficient (Wildman–Crippen LogP) is 3.67. The molecule has 0 unspecified atom stereocenters. The fourth-order valence-corrected chi connectivity index (χ4v) is 2.58. The second-order valence-electron chi connectivity index (χ2n) is 5.74. The Bertz CT molecular complexity index is 876. The van der Waals surface area contributed by atoms with Crippen molar-refractivity contribution in [1.29, 1.82) is 0 Å². The highest BCUT2D eigenvalue weighted by atomic mass is 19.3. The van der Waals surface area contributed by atoms with Crippen LogP contribution in [0.25, 0.3) is 0 Å². The molecule has 0 saturated heterocycles. The maximum atomic E-state index is 12.6. The fourth-order valence-electron chi connectivity index (χ4n) is 2.58. The van der Waals surface area contributed by atoms with E-state index in [2.05, 4.69) is 10.1 Å². The van der Waals surface area contributed by atoms with Gasteiger partial charge >= 0.3 is 6.61 Å². The summed E-state index contributed by atoms with van der Waals surface area (Å²) in [4.78, 5) is 23.1. The van der Waals surface area contributed by atoms with Gasteiger partial charge in [-0.3, -0.25) is 14.9 Å². The van der Waals surface area contributed by atoms with E-state index in [4.69, 9.17) is 9.47 Å². The van der Waals surface area contributed by atoms with E-state index in [1.54, 1.807) is 12.1 Å². The summed E-state index contributed by atoms with van der Waals surface area (Å²) in [5.74, 6) is -1.52. The quantitative estimate of drug-likeness (QED) is 0.474. The normalized spacial score (nSPS) is 10.7. The molecule has 29 heavy (non-hydrogen) atoms. The van der Waals surface area contributed by atoms with Gasteiger partial charge < -0.3 is 19.5 Å². The first-order chi connectivity index (χ1) is 13.9. The number of benzene rings is 2. The van der Waals surface area contributed by atoms with Crippen LogP contribution in [0.4, 0.5) is 14.5 Å². The molecule has 0 aliphatic carbocycles. The molecule has 156 valence electrons. The summed E-state index contributed by atoms with van der Waals surface area (Å²) >= 11 is 0. The third kappa shape index (κ3) is 5.85. The smallest absolute Gasteiger partial charge is 0.387 e. The molecule has 1 amide bonds. The fraction of sp³-hybridized carbons (Fsp3) is 0.316. The monoisotopic (exact) mass is 410 g/mol. The Morgan fingerprint density at radius 1 is 1.21 bits per heavy atom. The number of halogens is 2. The van der Waals surface area contributed by atoms with Gasteiger partial charge in [-0.25, -0.2) is 0 Å². The van der Waals surface area contributed by atoms with Crippen molar-refractivity contribution >= 4 is 11.6 Å². The maximum absolute atomic E-state index is 12.6. The zero-order chi connectivity index (χ0) is 21.4. The molecule has 0 radical (unpaired) electrons. The van der Waals surface area contributed by atoms with Crippen molar-refractivity contribution in [2.24, 2.45) is 0 Å². The Morgan fingerprint density at radius 2 is 1.90 bits per heavy atom. The topological polar surface area (TPSA) is 99.9 Å². The number of carbonyl (C=O) groups is 1. The van der Waals surface area contributed by atoms with Gasteiger partial charge in [-0.05, 0) is 18.1 Å². The minimum Gasteiger partial charge on any atom is -0.493 e. The van der Waals surface area contributed by atoms with E-state index < -0.39 is 28.9 Å². The van der Waals surface area contributed by atoms with Crippen LogP contribution in [-0.2, 0) is 17.9 Å². The Kier molecular flexibility index (Phi) is 7.84. The van der Waals surface area contributed by atoms with Crippen LogP contribution >= 0.6 is 0 Å². The van der Waals surface area contributed by atoms with Gasteiger partial charge in [0.05, 0.1) is 24.7 Å². The van der Waals surface area contributed by atoms with Crippen molar-refractivity contribution in [3.63, 3.8) is 0 Å². The number of carbonyl (C=O) groups excluding carboxylic acids is 1. The maximum Gasteiger partial charge on any atom is 0.387 e. The molecule has 1 N–H and O–H groups in total. The van der Waals surface area contributed by atoms with Crippen LogP contribution in [0.1, 0.15) is 28.4 Å². The molecular weight excluding hydrogens is 390 g/mol. The van der Waals surface area contributed by atoms with E-state index in [-0.39, 0.29) is 17.9 Å². The third-order valence-corrected chi connectivity index (χ3v) is 3.96. The van der Waals surface area contributed by atoms with Gasteiger partial charge in [0.1, 0.15) is 5.56 Å². The van der Waals surface area contributed by atoms with Crippen LogP contribution in [-0.4, -0.2) is 31.2 Å². The minimum absolute atomic E-state index is 0.0941. The van der Waals surface area contributed by atoms with E-state index in [0.717, 1.165) is 23.3 Å². The zero-order valence-electron chi connectivity index (χ0n) is 15.8. The first-order valence-corrected chi connectivity index (χ1v) is 8.61. The van der Waals surface area contributed by atoms with Gasteiger partial charge in [0.15, 0.2) is 11.5 Å². The summed E-state index contributed by atoms with van der Waals surface area (Å²) in [6.07, 6.45) is 0. The predicted molar refractivity (Wildman–Crippen MR) is 99.2 cm³/mol. The first kappa shape index (κ1) is 22.0. The molecule has 0 aliphatic rings. The SMILES string of the molecule is CCOCc1ccccc1CNC(=O)c1cc(OC)c(OC(F)F)cc1[N+](=O)[O-]. The van der Waals surface area contributed by atoms with Crippen LogP contribution < -0.4 is 14.8 Å². The highest BCUT2D eigenvalue weighted by molar-refractivity contribution is 5.99. The molecule has 2 rings (SSSR count). The molecule has 10 heteroatoms. The molecule has 0 heterocycles. The molecule has 0 spiro atoms. The lowest BCUT2D eigenvalue weighted by Crippen LogP contribution is -2.24. The summed E-state index contributed by atoms with van der Waals surface area (Å²) in [5, 5.41) is 13.9. The molecule has 2 aromatic carbocycles. The van der Waals surface area contributed by atoms with E-state index in [0.29, 0.717) is 13.2 Å². The van der Waals surface area contributed by atoms with Crippen molar-refractivity contribution in [3.8, 4) is 11.5 Å². The Labute approximate surface area is 165 Å². The Balaban J connectivity index is 2.27. The Hall–Kier alpha value is -3.27. The van der Waals surface area contributed by atoms with Crippen LogP contribution in [0.15, 0.2) is 36.4 Å². The van der Waals surface area contributed by atoms with Crippen molar-refractivity contribution in [3.05, 3.63) is 63.2 Å². The first-order valence-electron chi connectivity index (χ1n) is 8.61. The number of nitrogens with zero attached hydrogens (tertiary/aromatic N) is 1. The number of ether oxygens (including phenoxy) is 3. The number of amides is 1. The average Bonchev–Trinajstić information content (AvgIpc) is 2.70. The number of nitro groups is 1. The van der Waals surface area contributed by atoms with Crippen LogP contribution in [0.2, 0.25) is 0 Å². The minimum atomic E-state index is -3.20. The van der Waals surface area contributed by atoms with Crippen molar-refractivity contribution in [2.45, 2.75) is 26.7 Å². The summed E-state index contributed by atoms with van der Waals surface area (Å²) in [6, 6.07) is 9.00. The highest BCUT2D eigenvalue weighted by Crippen LogP contribution is 2.35. The van der Waals surface area contributed by atoms with Gasteiger partial charge in [-0.1, -0.05) is 24.3 Å². The van der Waals surface area contributed by atoms with Crippen LogP contribution in [0.3, 0.4) is 0 Å². The molecule has 0 aliphatic heterocycles. The molecule has 0 atom stereocenters. The molecule has 2 aromatic rings. The molecule has 0 fully saturated rings. The number of hydrogen-bond donors (Lipinski definition) is 1. The van der Waals surface area contributed by atoms with Gasteiger partial charge in [-0.2, -0.15) is 8.78 Å². The number of hydrogen-bond acceptors (Lipinski definition) is 6. The molecule has 0 bridgehead atoms. The van der Waals surface area contributed by atoms with Crippen molar-refractivity contribution in [2.75, 3.05) is 13.7 Å². The summed E-state index contributed by atoms with van der Waals surface area (Å²) in [6.45, 7) is -0.365. The van der Waals surface area contributed by atoms with Gasteiger partial charge in [0.25, 0.3) is 11.6 Å². The van der Waals surface area contributed by atoms with Crippen molar-refractivity contribution in [1.82, 2.24) is 5.32 Å². The second kappa shape index (κ2) is 10.3. The van der Waals surface area contributed by atoms with E-state index >= 15 is 0 Å². The van der Waals surface area contributed by atoms with E-state index in [9.17, 15) is 23.7 Å². The number of nitrogens with one attached hydrogen (secondary N) is 1. The summed E-state index contributed by atoms with van der Waals surface area (Å²) in [7, 11) is 1.17. The third-order valence-electron chi connectivity index (χ3n) is 3.96. The molecule has 8 nitrogen and oxygen atoms in total. The zero-order valence-corrected chi connectivity index (χ0v) is 15.8. The number of rotatable bonds is 10. The number of nitro benzene ring substituents is 1. The van der Waals surface area contributed by atoms with Gasteiger partial charge in [-0.15, -0.1) is 0 Å². The van der Waals surface area contributed by atoms with Crippen molar-refractivity contribution < 1.29 is 32.7 Å². The van der Waals surface area contributed by atoms with E-state index in [1.807, 2.05) is 19.1 Å². The lowest BCUT2D eigenvalue weighted by molar-refractivity contribution is -0.385.